The average molecular weight is 328 g/mol. The summed E-state index contributed by atoms with van der Waals surface area (Å²) >= 11 is -1.25. The van der Waals surface area contributed by atoms with Crippen LogP contribution in [0, 0.1) is 10.8 Å². The second kappa shape index (κ2) is 13.6. The number of hydrogen-bond donors (Lipinski definition) is 2. The lowest BCUT2D eigenvalue weighted by atomic mass is 10.2. The van der Waals surface area contributed by atoms with Crippen LogP contribution in [0.2, 0.25) is 0 Å². The van der Waals surface area contributed by atoms with Crippen molar-refractivity contribution in [2.24, 2.45) is 0 Å². The van der Waals surface area contributed by atoms with Crippen molar-refractivity contribution in [3.63, 3.8) is 0 Å². The number of nitrogens with one attached hydrogen (secondary N) is 2. The van der Waals surface area contributed by atoms with Gasteiger partial charge in [0.05, 0.1) is 11.5 Å². The summed E-state index contributed by atoms with van der Waals surface area (Å²) in [4.78, 5) is 0. The van der Waals surface area contributed by atoms with Crippen molar-refractivity contribution >= 4 is 28.3 Å². The van der Waals surface area contributed by atoms with Crippen LogP contribution in [0.4, 0.5) is 0 Å². The maximum absolute atomic E-state index is 7.29. The monoisotopic (exact) mass is 328 g/mol. The fourth-order valence-corrected chi connectivity index (χ4v) is 2.46. The Labute approximate surface area is 145 Å². The van der Waals surface area contributed by atoms with Gasteiger partial charge < -0.3 is 18.4 Å². The topological polar surface area (TPSA) is 66.2 Å². The van der Waals surface area contributed by atoms with Crippen molar-refractivity contribution in [3.8, 4) is 11.5 Å². The molecule has 2 N–H and O–H groups in total. The molecule has 0 radical (unpaired) electrons. The molecule has 0 saturated heterocycles. The first kappa shape index (κ1) is 20.9. The van der Waals surface area contributed by atoms with Crippen LogP contribution in [-0.2, 0) is 0 Å². The highest BCUT2D eigenvalue weighted by Gasteiger charge is 2.08. The third-order valence-corrected chi connectivity index (χ3v) is 3.44. The van der Waals surface area contributed by atoms with Gasteiger partial charge in [0.15, 0.2) is 0 Å². The first-order chi connectivity index (χ1) is 11.3. The fourth-order valence-electron chi connectivity index (χ4n) is 1.62. The quantitative estimate of drug-likeness (QED) is 0.607. The van der Waals surface area contributed by atoms with Crippen LogP contribution in [-0.4, -0.2) is 28.3 Å². The van der Waals surface area contributed by atoms with Gasteiger partial charge in [-0.05, 0) is 24.3 Å². The lowest BCUT2D eigenvalue weighted by molar-refractivity contribution is 0.458. The van der Waals surface area contributed by atoms with Gasteiger partial charge in [-0.15, -0.1) is 0 Å². The standard InChI is InChI=1S/2C7H7NO.2C2H6.Al.H/c2*8-5-6-3-1-2-4-7(6)9;2*1-2;;/h2*1-5,8-9H;2*1-2H3;;/q;;;;+2;/p-2. The van der Waals surface area contributed by atoms with Crippen molar-refractivity contribution < 1.29 is 7.58 Å². The Kier molecular flexibility index (Phi) is 12.3. The van der Waals surface area contributed by atoms with Crippen molar-refractivity contribution in [3.05, 3.63) is 59.7 Å². The van der Waals surface area contributed by atoms with E-state index >= 15 is 0 Å². The van der Waals surface area contributed by atoms with Crippen LogP contribution < -0.4 is 7.58 Å². The van der Waals surface area contributed by atoms with E-state index in [0.29, 0.717) is 11.5 Å². The molecular formula is C18H25AlN2O2. The summed E-state index contributed by atoms with van der Waals surface area (Å²) in [6.45, 7) is 8.00. The van der Waals surface area contributed by atoms with Crippen LogP contribution in [0.3, 0.4) is 0 Å². The Bertz CT molecular complexity index is 537. The molecule has 2 aromatic carbocycles. The lowest BCUT2D eigenvalue weighted by Crippen LogP contribution is -2.12. The molecule has 0 fully saturated rings. The zero-order chi connectivity index (χ0) is 17.5. The Morgan fingerprint density at radius 1 is 0.696 bits per heavy atom. The molecule has 0 bridgehead atoms. The SMILES string of the molecule is CC.CC.N=Cc1ccccc1[O][AlH][O]c1ccccc1C=N. The van der Waals surface area contributed by atoms with Gasteiger partial charge in [-0.2, -0.15) is 0 Å². The molecule has 0 unspecified atom stereocenters. The summed E-state index contributed by atoms with van der Waals surface area (Å²) in [6, 6.07) is 14.7. The van der Waals surface area contributed by atoms with Crippen molar-refractivity contribution in [2.75, 3.05) is 0 Å². The molecule has 122 valence electrons. The van der Waals surface area contributed by atoms with E-state index in [1.165, 1.54) is 12.4 Å². The molecule has 0 aliphatic heterocycles. The molecule has 4 nitrogen and oxygen atoms in total. The third-order valence-electron chi connectivity index (χ3n) is 2.58. The van der Waals surface area contributed by atoms with Crippen LogP contribution in [0.5, 0.6) is 11.5 Å². The highest BCUT2D eigenvalue weighted by Crippen LogP contribution is 2.17. The molecule has 2 rings (SSSR count). The minimum Gasteiger partial charge on any atom is -0.614 e. The van der Waals surface area contributed by atoms with Crippen LogP contribution in [0.25, 0.3) is 0 Å². The van der Waals surface area contributed by atoms with E-state index in [4.69, 9.17) is 18.4 Å². The third kappa shape index (κ3) is 7.14. The van der Waals surface area contributed by atoms with Crippen molar-refractivity contribution in [2.45, 2.75) is 27.7 Å². The van der Waals surface area contributed by atoms with Crippen LogP contribution in [0.1, 0.15) is 38.8 Å². The molecule has 0 atom stereocenters. The molecular weight excluding hydrogens is 303 g/mol. The summed E-state index contributed by atoms with van der Waals surface area (Å²) in [7, 11) is 0. The maximum atomic E-state index is 7.29. The van der Waals surface area contributed by atoms with Gasteiger partial charge in [0.2, 0.25) is 0 Å². The predicted octanol–water partition coefficient (Wildman–Crippen LogP) is 4.46. The second-order valence-electron chi connectivity index (χ2n) is 3.77. The Hall–Kier alpha value is -2.09. The molecule has 0 amide bonds. The fraction of sp³-hybridized carbons (Fsp3) is 0.222. The van der Waals surface area contributed by atoms with Gasteiger partial charge in [-0.25, -0.2) is 0 Å². The smallest absolute Gasteiger partial charge is 0.614 e. The van der Waals surface area contributed by atoms with Gasteiger partial charge in [0.1, 0.15) is 0 Å². The molecule has 2 aromatic rings. The van der Waals surface area contributed by atoms with Crippen molar-refractivity contribution in [1.29, 1.82) is 10.8 Å². The van der Waals surface area contributed by atoms with E-state index in [-0.39, 0.29) is 0 Å². The van der Waals surface area contributed by atoms with E-state index < -0.39 is 15.9 Å². The number of rotatable bonds is 6. The van der Waals surface area contributed by atoms with Gasteiger partial charge in [-0.3, -0.25) is 0 Å². The van der Waals surface area contributed by atoms with Crippen LogP contribution in [0.15, 0.2) is 48.5 Å². The molecule has 0 aromatic heterocycles. The van der Waals surface area contributed by atoms with E-state index in [2.05, 4.69) is 0 Å². The summed E-state index contributed by atoms with van der Waals surface area (Å²) in [5.74, 6) is 1.33. The first-order valence-corrected chi connectivity index (χ1v) is 8.95. The summed E-state index contributed by atoms with van der Waals surface area (Å²) in [5.41, 5.74) is 1.47. The minimum atomic E-state index is -1.25. The van der Waals surface area contributed by atoms with Gasteiger partial charge in [0, 0.05) is 23.6 Å². The Morgan fingerprint density at radius 3 is 1.39 bits per heavy atom. The molecule has 23 heavy (non-hydrogen) atoms. The summed E-state index contributed by atoms with van der Waals surface area (Å²) in [5, 5.41) is 14.6. The summed E-state index contributed by atoms with van der Waals surface area (Å²) in [6.07, 6.45) is 2.52. The van der Waals surface area contributed by atoms with Gasteiger partial charge in [0.25, 0.3) is 0 Å². The molecule has 0 heterocycles. The van der Waals surface area contributed by atoms with E-state index in [1.54, 1.807) is 0 Å². The maximum Gasteiger partial charge on any atom is 0.832 e. The van der Waals surface area contributed by atoms with Crippen molar-refractivity contribution in [1.82, 2.24) is 0 Å². The highest BCUT2D eigenvalue weighted by molar-refractivity contribution is 6.21. The highest BCUT2D eigenvalue weighted by atomic mass is 27.2. The largest absolute Gasteiger partial charge is 0.832 e. The number of para-hydroxylation sites is 2. The van der Waals surface area contributed by atoms with Crippen LogP contribution >= 0.6 is 0 Å². The number of benzene rings is 2. The normalized spacial score (nSPS) is 8.35. The zero-order valence-corrected chi connectivity index (χ0v) is 15.7. The van der Waals surface area contributed by atoms with Gasteiger partial charge in [-0.1, -0.05) is 52.0 Å². The first-order valence-electron chi connectivity index (χ1n) is 7.79. The van der Waals surface area contributed by atoms with E-state index in [9.17, 15) is 0 Å². The molecule has 0 spiro atoms. The molecule has 0 aliphatic rings. The van der Waals surface area contributed by atoms with Gasteiger partial charge >= 0.3 is 15.9 Å². The number of hydrogen-bond acceptors (Lipinski definition) is 4. The zero-order valence-electron chi connectivity index (χ0n) is 14.3. The van der Waals surface area contributed by atoms with E-state index in [0.717, 1.165) is 11.1 Å². The Balaban J connectivity index is 0.00000112. The second-order valence-corrected chi connectivity index (χ2v) is 4.58. The predicted molar refractivity (Wildman–Crippen MR) is 99.8 cm³/mol. The molecule has 0 saturated carbocycles. The minimum absolute atomic E-state index is 0.663. The summed E-state index contributed by atoms with van der Waals surface area (Å²) < 4.78 is 11.2. The molecule has 5 heteroatoms. The Morgan fingerprint density at radius 2 is 1.04 bits per heavy atom. The van der Waals surface area contributed by atoms with E-state index in [1.807, 2.05) is 76.2 Å². The molecule has 0 aliphatic carbocycles. The average Bonchev–Trinajstić information content (AvgIpc) is 2.66. The lowest BCUT2D eigenvalue weighted by Gasteiger charge is -2.11.